The first kappa shape index (κ1) is 12.8. The van der Waals surface area contributed by atoms with E-state index in [0.717, 1.165) is 16.5 Å². The minimum absolute atomic E-state index is 0.427. The summed E-state index contributed by atoms with van der Waals surface area (Å²) in [5.74, 6) is 3.10. The Balaban J connectivity index is 2.35. The average Bonchev–Trinajstić information content (AvgIpc) is 2.82. The van der Waals surface area contributed by atoms with E-state index in [2.05, 4.69) is 42.5 Å². The monoisotopic (exact) mass is 253 g/mol. The maximum atomic E-state index is 5.40. The molecule has 1 aromatic heterocycles. The second-order valence-electron chi connectivity index (χ2n) is 5.58. The fraction of sp³-hybridized carbons (Fsp3) is 0.846. The molecule has 1 fully saturated rings. The maximum absolute atomic E-state index is 5.40. The molecule has 4 heteroatoms. The highest BCUT2D eigenvalue weighted by Gasteiger charge is 2.34. The lowest BCUT2D eigenvalue weighted by atomic mass is 9.93. The molecule has 96 valence electrons. The van der Waals surface area contributed by atoms with Crippen LogP contribution in [0, 0.1) is 16.6 Å². The number of rotatable bonds is 3. The molecule has 1 aromatic rings. The molecule has 0 saturated heterocycles. The molecule has 3 unspecified atom stereocenters. The normalized spacial score (nSPS) is 29.1. The second-order valence-corrected chi connectivity index (χ2v) is 5.97. The van der Waals surface area contributed by atoms with Gasteiger partial charge in [0.2, 0.25) is 0 Å². The van der Waals surface area contributed by atoms with Crippen molar-refractivity contribution in [2.75, 3.05) is 0 Å². The van der Waals surface area contributed by atoms with Gasteiger partial charge >= 0.3 is 0 Å². The van der Waals surface area contributed by atoms with Gasteiger partial charge in [0, 0.05) is 12.0 Å². The molecule has 1 N–H and O–H groups in total. The van der Waals surface area contributed by atoms with Crippen molar-refractivity contribution < 1.29 is 0 Å². The number of H-pyrrole nitrogens is 1. The van der Waals surface area contributed by atoms with Gasteiger partial charge in [-0.25, -0.2) is 0 Å². The van der Waals surface area contributed by atoms with E-state index >= 15 is 0 Å². The summed E-state index contributed by atoms with van der Waals surface area (Å²) in [6, 6.07) is 0.545. The summed E-state index contributed by atoms with van der Waals surface area (Å²) < 4.78 is 3.07. The molecule has 1 aliphatic carbocycles. The van der Waals surface area contributed by atoms with Gasteiger partial charge in [-0.3, -0.25) is 5.10 Å². The molecular weight excluding hydrogens is 230 g/mol. The molecule has 1 aliphatic rings. The van der Waals surface area contributed by atoms with Crippen molar-refractivity contribution in [3.63, 3.8) is 0 Å². The number of hydrogen-bond acceptors (Lipinski definition) is 2. The Labute approximate surface area is 109 Å². The molecule has 0 bridgehead atoms. The van der Waals surface area contributed by atoms with Crippen molar-refractivity contribution in [2.45, 2.75) is 58.9 Å². The Morgan fingerprint density at radius 2 is 2.18 bits per heavy atom. The number of hydrogen-bond donors (Lipinski definition) is 1. The Kier molecular flexibility index (Phi) is 3.71. The van der Waals surface area contributed by atoms with E-state index in [0.29, 0.717) is 17.9 Å². The molecule has 0 aliphatic heterocycles. The summed E-state index contributed by atoms with van der Waals surface area (Å²) >= 11 is 5.40. The predicted molar refractivity (Wildman–Crippen MR) is 72.7 cm³/mol. The van der Waals surface area contributed by atoms with Crippen LogP contribution in [-0.2, 0) is 0 Å². The van der Waals surface area contributed by atoms with Crippen LogP contribution >= 0.6 is 12.2 Å². The van der Waals surface area contributed by atoms with E-state index in [4.69, 9.17) is 12.2 Å². The third kappa shape index (κ3) is 2.19. The van der Waals surface area contributed by atoms with Crippen molar-refractivity contribution in [2.24, 2.45) is 11.8 Å². The van der Waals surface area contributed by atoms with E-state index < -0.39 is 0 Å². The van der Waals surface area contributed by atoms with E-state index in [1.54, 1.807) is 0 Å². The first-order chi connectivity index (χ1) is 8.06. The van der Waals surface area contributed by atoms with Gasteiger partial charge in [0.25, 0.3) is 0 Å². The lowest BCUT2D eigenvalue weighted by Crippen LogP contribution is -2.18. The summed E-state index contributed by atoms with van der Waals surface area (Å²) in [6.07, 6.45) is 3.85. The van der Waals surface area contributed by atoms with Crippen molar-refractivity contribution in [3.05, 3.63) is 10.6 Å². The summed E-state index contributed by atoms with van der Waals surface area (Å²) in [5.41, 5.74) is 0. The zero-order valence-corrected chi connectivity index (χ0v) is 12.0. The minimum Gasteiger partial charge on any atom is -0.301 e. The standard InChI is InChI=1S/C13H23N3S/c1-5-10-6-7-11(9(10)4)16-12(8(2)3)14-15-13(16)17/h8-11H,5-7H2,1-4H3,(H,15,17). The van der Waals surface area contributed by atoms with E-state index in [-0.39, 0.29) is 0 Å². The topological polar surface area (TPSA) is 33.6 Å². The van der Waals surface area contributed by atoms with Crippen molar-refractivity contribution in [3.8, 4) is 0 Å². The lowest BCUT2D eigenvalue weighted by molar-refractivity contribution is 0.320. The summed E-state index contributed by atoms with van der Waals surface area (Å²) in [4.78, 5) is 0. The van der Waals surface area contributed by atoms with Crippen LogP contribution in [0.4, 0.5) is 0 Å². The van der Waals surface area contributed by atoms with Crippen LogP contribution in [0.2, 0.25) is 0 Å². The van der Waals surface area contributed by atoms with Crippen LogP contribution < -0.4 is 0 Å². The van der Waals surface area contributed by atoms with Gasteiger partial charge in [-0.2, -0.15) is 5.10 Å². The fourth-order valence-electron chi connectivity index (χ4n) is 3.21. The third-order valence-corrected chi connectivity index (χ3v) is 4.58. The van der Waals surface area contributed by atoms with Gasteiger partial charge in [0.15, 0.2) is 4.77 Å². The predicted octanol–water partition coefficient (Wildman–Crippen LogP) is 4.06. The first-order valence-electron chi connectivity index (χ1n) is 6.73. The maximum Gasteiger partial charge on any atom is 0.195 e. The average molecular weight is 253 g/mol. The largest absolute Gasteiger partial charge is 0.301 e. The molecule has 0 aromatic carbocycles. The smallest absolute Gasteiger partial charge is 0.195 e. The molecular formula is C13H23N3S. The molecule has 2 rings (SSSR count). The number of aromatic amines is 1. The summed E-state index contributed by atoms with van der Waals surface area (Å²) in [6.45, 7) is 9.02. The van der Waals surface area contributed by atoms with Crippen LogP contribution in [0.1, 0.15) is 64.7 Å². The van der Waals surface area contributed by atoms with Gasteiger partial charge in [-0.15, -0.1) is 0 Å². The summed E-state index contributed by atoms with van der Waals surface area (Å²) in [7, 11) is 0. The quantitative estimate of drug-likeness (QED) is 0.824. The van der Waals surface area contributed by atoms with Crippen LogP contribution in [0.15, 0.2) is 0 Å². The zero-order chi connectivity index (χ0) is 12.6. The fourth-order valence-corrected chi connectivity index (χ4v) is 3.48. The van der Waals surface area contributed by atoms with Gasteiger partial charge in [-0.1, -0.05) is 34.1 Å². The Hall–Kier alpha value is -0.640. The Morgan fingerprint density at radius 1 is 1.47 bits per heavy atom. The van der Waals surface area contributed by atoms with Crippen LogP contribution in [-0.4, -0.2) is 14.8 Å². The summed E-state index contributed by atoms with van der Waals surface area (Å²) in [5, 5.41) is 7.36. The molecule has 3 nitrogen and oxygen atoms in total. The molecule has 1 heterocycles. The van der Waals surface area contributed by atoms with Gasteiger partial charge in [0.1, 0.15) is 5.82 Å². The molecule has 0 amide bonds. The first-order valence-corrected chi connectivity index (χ1v) is 7.13. The number of aromatic nitrogens is 3. The molecule has 1 saturated carbocycles. The van der Waals surface area contributed by atoms with E-state index in [1.165, 1.54) is 19.3 Å². The van der Waals surface area contributed by atoms with Crippen LogP contribution in [0.5, 0.6) is 0 Å². The van der Waals surface area contributed by atoms with Crippen LogP contribution in [0.3, 0.4) is 0 Å². The van der Waals surface area contributed by atoms with Crippen molar-refractivity contribution >= 4 is 12.2 Å². The lowest BCUT2D eigenvalue weighted by Gasteiger charge is -2.23. The van der Waals surface area contributed by atoms with Gasteiger partial charge in [-0.05, 0) is 36.9 Å². The Morgan fingerprint density at radius 3 is 2.71 bits per heavy atom. The van der Waals surface area contributed by atoms with Gasteiger partial charge < -0.3 is 4.57 Å². The number of nitrogens with zero attached hydrogens (tertiary/aromatic N) is 2. The van der Waals surface area contributed by atoms with E-state index in [1.807, 2.05) is 0 Å². The Bertz CT molecular complexity index is 432. The molecule has 17 heavy (non-hydrogen) atoms. The highest BCUT2D eigenvalue weighted by molar-refractivity contribution is 7.71. The molecule has 0 spiro atoms. The van der Waals surface area contributed by atoms with E-state index in [9.17, 15) is 0 Å². The van der Waals surface area contributed by atoms with Crippen molar-refractivity contribution in [1.29, 1.82) is 0 Å². The van der Waals surface area contributed by atoms with Crippen molar-refractivity contribution in [1.82, 2.24) is 14.8 Å². The molecule has 0 radical (unpaired) electrons. The van der Waals surface area contributed by atoms with Gasteiger partial charge in [0.05, 0.1) is 0 Å². The molecule has 3 atom stereocenters. The second kappa shape index (κ2) is 4.92. The minimum atomic E-state index is 0.427. The SMILES string of the molecule is CCC1CCC(n2c(C(C)C)n[nH]c2=S)C1C. The zero-order valence-electron chi connectivity index (χ0n) is 11.2. The highest BCUT2D eigenvalue weighted by Crippen LogP contribution is 2.42. The van der Waals surface area contributed by atoms with Crippen LogP contribution in [0.25, 0.3) is 0 Å². The highest BCUT2D eigenvalue weighted by atomic mass is 32.1. The number of nitrogens with one attached hydrogen (secondary N) is 1. The third-order valence-electron chi connectivity index (χ3n) is 4.29.